The topological polar surface area (TPSA) is 23.6 Å². The lowest BCUT2D eigenvalue weighted by Crippen LogP contribution is -2.61. The van der Waals surface area contributed by atoms with Gasteiger partial charge in [-0.05, 0) is 32.1 Å². The average molecular weight is 236 g/mol. The summed E-state index contributed by atoms with van der Waals surface area (Å²) in [7, 11) is 0. The van der Waals surface area contributed by atoms with Crippen LogP contribution in [0.15, 0.2) is 0 Å². The molecule has 0 aromatic carbocycles. The van der Waals surface area contributed by atoms with Gasteiger partial charge in [0.25, 0.3) is 0 Å². The SMILES string of the molecule is CCC[C@H]1C[C@H]2CCCCN2[C@H]2CCC(=O)N12. The number of carbonyl (C=O) groups excluding carboxylic acids is 1. The van der Waals surface area contributed by atoms with Crippen LogP contribution in [0.2, 0.25) is 0 Å². The molecule has 0 N–H and O–H groups in total. The molecule has 3 saturated heterocycles. The van der Waals surface area contributed by atoms with Gasteiger partial charge in [0, 0.05) is 25.0 Å². The van der Waals surface area contributed by atoms with Crippen molar-refractivity contribution in [3.63, 3.8) is 0 Å². The number of fused-ring (bicyclic) bond motifs is 3. The average Bonchev–Trinajstić information content (AvgIpc) is 2.73. The van der Waals surface area contributed by atoms with E-state index in [4.69, 9.17) is 0 Å². The van der Waals surface area contributed by atoms with Crippen molar-refractivity contribution in [2.24, 2.45) is 0 Å². The maximum atomic E-state index is 12.1. The minimum Gasteiger partial charge on any atom is -0.324 e. The lowest BCUT2D eigenvalue weighted by molar-refractivity contribution is -0.142. The van der Waals surface area contributed by atoms with E-state index in [-0.39, 0.29) is 0 Å². The number of piperidine rings is 1. The number of carbonyl (C=O) groups is 1. The minimum absolute atomic E-state index is 0.414. The summed E-state index contributed by atoms with van der Waals surface area (Å²) in [5.41, 5.74) is 0. The Hall–Kier alpha value is -0.570. The molecular weight excluding hydrogens is 212 g/mol. The predicted octanol–water partition coefficient (Wildman–Crippen LogP) is 2.36. The molecule has 3 fully saturated rings. The molecule has 0 spiro atoms. The molecule has 3 heterocycles. The summed E-state index contributed by atoms with van der Waals surface area (Å²) in [4.78, 5) is 16.9. The fourth-order valence-corrected chi connectivity index (χ4v) is 4.15. The number of amides is 1. The number of hydrogen-bond donors (Lipinski definition) is 0. The fourth-order valence-electron chi connectivity index (χ4n) is 4.15. The predicted molar refractivity (Wildman–Crippen MR) is 67.5 cm³/mol. The zero-order valence-electron chi connectivity index (χ0n) is 10.9. The summed E-state index contributed by atoms with van der Waals surface area (Å²) in [6.07, 6.45) is 10.0. The normalized spacial score (nSPS) is 38.1. The van der Waals surface area contributed by atoms with Crippen LogP contribution in [0.5, 0.6) is 0 Å². The van der Waals surface area contributed by atoms with Gasteiger partial charge in [-0.15, -0.1) is 0 Å². The molecule has 17 heavy (non-hydrogen) atoms. The van der Waals surface area contributed by atoms with Gasteiger partial charge < -0.3 is 4.90 Å². The van der Waals surface area contributed by atoms with Gasteiger partial charge in [0.2, 0.25) is 5.91 Å². The van der Waals surface area contributed by atoms with Crippen molar-refractivity contribution in [3.05, 3.63) is 0 Å². The first-order chi connectivity index (χ1) is 8.31. The molecule has 3 heteroatoms. The molecule has 0 saturated carbocycles. The first-order valence-corrected chi connectivity index (χ1v) is 7.38. The van der Waals surface area contributed by atoms with Gasteiger partial charge in [0.15, 0.2) is 0 Å². The quantitative estimate of drug-likeness (QED) is 0.735. The molecule has 0 aromatic heterocycles. The molecule has 0 aliphatic carbocycles. The van der Waals surface area contributed by atoms with E-state index >= 15 is 0 Å². The van der Waals surface area contributed by atoms with Crippen molar-refractivity contribution in [1.29, 1.82) is 0 Å². The van der Waals surface area contributed by atoms with Crippen molar-refractivity contribution < 1.29 is 4.79 Å². The van der Waals surface area contributed by atoms with Crippen LogP contribution in [0, 0.1) is 0 Å². The lowest BCUT2D eigenvalue weighted by atomic mass is 9.89. The van der Waals surface area contributed by atoms with Crippen LogP contribution in [0.1, 0.15) is 58.3 Å². The van der Waals surface area contributed by atoms with Crippen LogP contribution in [-0.4, -0.2) is 40.5 Å². The molecule has 3 nitrogen and oxygen atoms in total. The van der Waals surface area contributed by atoms with Crippen molar-refractivity contribution in [3.8, 4) is 0 Å². The summed E-state index contributed by atoms with van der Waals surface area (Å²) in [5.74, 6) is 0.414. The van der Waals surface area contributed by atoms with Crippen molar-refractivity contribution >= 4 is 5.91 Å². The van der Waals surface area contributed by atoms with Gasteiger partial charge in [0.1, 0.15) is 0 Å². The van der Waals surface area contributed by atoms with Crippen LogP contribution in [0.4, 0.5) is 0 Å². The highest BCUT2D eigenvalue weighted by Gasteiger charge is 2.46. The second-order valence-corrected chi connectivity index (χ2v) is 5.89. The molecule has 0 unspecified atom stereocenters. The van der Waals surface area contributed by atoms with E-state index in [0.29, 0.717) is 18.1 Å². The largest absolute Gasteiger partial charge is 0.324 e. The van der Waals surface area contributed by atoms with E-state index < -0.39 is 0 Å². The Morgan fingerprint density at radius 2 is 2.18 bits per heavy atom. The molecule has 0 aromatic rings. The van der Waals surface area contributed by atoms with E-state index in [1.807, 2.05) is 0 Å². The highest BCUT2D eigenvalue weighted by atomic mass is 16.2. The molecule has 3 aliphatic heterocycles. The first kappa shape index (κ1) is 11.5. The Morgan fingerprint density at radius 1 is 1.29 bits per heavy atom. The molecule has 0 radical (unpaired) electrons. The number of nitrogens with zero attached hydrogens (tertiary/aromatic N) is 2. The third-order valence-electron chi connectivity index (χ3n) is 4.84. The molecular formula is C14H24N2O. The van der Waals surface area contributed by atoms with Crippen LogP contribution in [0.25, 0.3) is 0 Å². The van der Waals surface area contributed by atoms with Crippen LogP contribution in [0.3, 0.4) is 0 Å². The van der Waals surface area contributed by atoms with Crippen LogP contribution in [-0.2, 0) is 4.79 Å². The third-order valence-corrected chi connectivity index (χ3v) is 4.84. The molecule has 3 aliphatic rings. The van der Waals surface area contributed by atoms with E-state index in [1.165, 1.54) is 45.1 Å². The summed E-state index contributed by atoms with van der Waals surface area (Å²) in [6, 6.07) is 1.31. The Kier molecular flexibility index (Phi) is 3.12. The Morgan fingerprint density at radius 3 is 3.00 bits per heavy atom. The van der Waals surface area contributed by atoms with Crippen LogP contribution >= 0.6 is 0 Å². The summed E-state index contributed by atoms with van der Waals surface area (Å²) in [6.45, 7) is 3.46. The van der Waals surface area contributed by atoms with Gasteiger partial charge in [-0.2, -0.15) is 0 Å². The zero-order valence-corrected chi connectivity index (χ0v) is 10.9. The van der Waals surface area contributed by atoms with E-state index in [0.717, 1.165) is 18.9 Å². The second-order valence-electron chi connectivity index (χ2n) is 5.89. The van der Waals surface area contributed by atoms with Crippen molar-refractivity contribution in [1.82, 2.24) is 9.80 Å². The summed E-state index contributed by atoms with van der Waals surface area (Å²) in [5, 5.41) is 0. The highest BCUT2D eigenvalue weighted by molar-refractivity contribution is 5.79. The van der Waals surface area contributed by atoms with E-state index in [1.54, 1.807) is 0 Å². The Balaban J connectivity index is 1.82. The molecule has 1 amide bonds. The third kappa shape index (κ3) is 1.88. The van der Waals surface area contributed by atoms with Gasteiger partial charge in [-0.3, -0.25) is 9.69 Å². The van der Waals surface area contributed by atoms with Crippen molar-refractivity contribution in [2.45, 2.75) is 76.5 Å². The molecule has 3 rings (SSSR count). The number of hydrogen-bond acceptors (Lipinski definition) is 2. The van der Waals surface area contributed by atoms with Gasteiger partial charge in [-0.25, -0.2) is 0 Å². The molecule has 96 valence electrons. The number of rotatable bonds is 2. The molecule has 0 bridgehead atoms. The smallest absolute Gasteiger partial charge is 0.224 e. The monoisotopic (exact) mass is 236 g/mol. The van der Waals surface area contributed by atoms with E-state index in [2.05, 4.69) is 16.7 Å². The standard InChI is InChI=1S/C14H24N2O/c1-2-5-12-10-11-6-3-4-9-15(11)13-7-8-14(17)16(12)13/h11-13H,2-10H2,1H3/t11-,12+,13-/m1/s1. The van der Waals surface area contributed by atoms with Gasteiger partial charge >= 0.3 is 0 Å². The maximum Gasteiger partial charge on any atom is 0.224 e. The Labute approximate surface area is 104 Å². The summed E-state index contributed by atoms with van der Waals surface area (Å²) >= 11 is 0. The van der Waals surface area contributed by atoms with Crippen LogP contribution < -0.4 is 0 Å². The maximum absolute atomic E-state index is 12.1. The first-order valence-electron chi connectivity index (χ1n) is 7.38. The Bertz CT molecular complexity index is 305. The molecule has 3 atom stereocenters. The van der Waals surface area contributed by atoms with Gasteiger partial charge in [-0.1, -0.05) is 19.8 Å². The zero-order chi connectivity index (χ0) is 11.8. The lowest BCUT2D eigenvalue weighted by Gasteiger charge is -2.51. The van der Waals surface area contributed by atoms with Crippen molar-refractivity contribution in [2.75, 3.05) is 6.54 Å². The summed E-state index contributed by atoms with van der Waals surface area (Å²) < 4.78 is 0. The van der Waals surface area contributed by atoms with Gasteiger partial charge in [0.05, 0.1) is 6.17 Å². The van der Waals surface area contributed by atoms with E-state index in [9.17, 15) is 4.79 Å². The minimum atomic E-state index is 0.414. The highest BCUT2D eigenvalue weighted by Crippen LogP contribution is 2.38. The fraction of sp³-hybridized carbons (Fsp3) is 0.929. The second kappa shape index (κ2) is 4.60.